The van der Waals surface area contributed by atoms with Crippen molar-refractivity contribution < 1.29 is 14.5 Å². The third-order valence-corrected chi connectivity index (χ3v) is 4.34. The van der Waals surface area contributed by atoms with Gasteiger partial charge in [0.2, 0.25) is 5.82 Å². The van der Waals surface area contributed by atoms with Crippen molar-refractivity contribution >= 4 is 45.2 Å². The lowest BCUT2D eigenvalue weighted by atomic mass is 10.2. The van der Waals surface area contributed by atoms with Gasteiger partial charge >= 0.3 is 5.82 Å². The lowest BCUT2D eigenvalue weighted by Crippen LogP contribution is -2.34. The van der Waals surface area contributed by atoms with Crippen LogP contribution in [0, 0.1) is 10.1 Å². The first-order valence-corrected chi connectivity index (χ1v) is 7.89. The third kappa shape index (κ3) is 2.24. The summed E-state index contributed by atoms with van der Waals surface area (Å²) in [6.45, 7) is 1.66. The third-order valence-electron chi connectivity index (χ3n) is 3.58. The fourth-order valence-corrected chi connectivity index (χ4v) is 3.16. The lowest BCUT2D eigenvalue weighted by Gasteiger charge is -2.23. The number of anilines is 3. The summed E-state index contributed by atoms with van der Waals surface area (Å²) in [6.07, 6.45) is 1.04. The summed E-state index contributed by atoms with van der Waals surface area (Å²) >= 11 is 1.30. The van der Waals surface area contributed by atoms with Crippen LogP contribution in [-0.4, -0.2) is 26.3 Å². The Morgan fingerprint density at radius 2 is 2.33 bits per heavy atom. The highest BCUT2D eigenvalue weighted by Gasteiger charge is 2.26. The second kappa shape index (κ2) is 5.20. The number of ether oxygens (including phenoxy) is 1. The molecule has 9 nitrogen and oxygen atoms in total. The van der Waals surface area contributed by atoms with E-state index in [1.54, 1.807) is 36.7 Å². The van der Waals surface area contributed by atoms with E-state index < -0.39 is 11.0 Å². The van der Waals surface area contributed by atoms with Gasteiger partial charge in [-0.25, -0.2) is 0 Å². The van der Waals surface area contributed by atoms with Crippen molar-refractivity contribution in [3.8, 4) is 5.75 Å². The molecular weight excluding hydrogens is 334 g/mol. The fraction of sp³-hybridized carbons (Fsp3) is 0.143. The van der Waals surface area contributed by atoms with E-state index in [4.69, 9.17) is 4.74 Å². The van der Waals surface area contributed by atoms with Crippen LogP contribution in [0.1, 0.15) is 6.92 Å². The first-order chi connectivity index (χ1) is 11.5. The van der Waals surface area contributed by atoms with Crippen LogP contribution in [0.3, 0.4) is 0 Å². The normalized spacial score (nSPS) is 16.4. The van der Waals surface area contributed by atoms with Crippen LogP contribution in [-0.2, 0) is 4.79 Å². The Balaban J connectivity index is 1.70. The molecule has 10 heteroatoms. The van der Waals surface area contributed by atoms with Gasteiger partial charge in [0.1, 0.15) is 11.9 Å². The number of nitro groups is 1. The van der Waals surface area contributed by atoms with Gasteiger partial charge < -0.3 is 25.5 Å². The van der Waals surface area contributed by atoms with Gasteiger partial charge in [0.25, 0.3) is 10.9 Å². The van der Waals surface area contributed by atoms with Crippen LogP contribution >= 0.6 is 11.3 Å². The molecule has 1 aromatic carbocycles. The predicted octanol–water partition coefficient (Wildman–Crippen LogP) is 2.77. The van der Waals surface area contributed by atoms with Crippen molar-refractivity contribution in [2.24, 2.45) is 0 Å². The summed E-state index contributed by atoms with van der Waals surface area (Å²) < 4.78 is 6.90. The zero-order valence-electron chi connectivity index (χ0n) is 12.3. The summed E-state index contributed by atoms with van der Waals surface area (Å²) in [5.74, 6) is 0.308. The van der Waals surface area contributed by atoms with Crippen LogP contribution in [0.2, 0.25) is 0 Å². The molecule has 0 saturated heterocycles. The van der Waals surface area contributed by atoms with Crippen molar-refractivity contribution in [1.82, 2.24) is 9.38 Å². The molecule has 0 saturated carbocycles. The van der Waals surface area contributed by atoms with Gasteiger partial charge in [-0.15, -0.1) is 0 Å². The number of carbonyl (C=O) groups excluding carboxylic acids is 1. The van der Waals surface area contributed by atoms with Crippen molar-refractivity contribution in [2.45, 2.75) is 13.0 Å². The molecule has 3 aromatic rings. The molecule has 122 valence electrons. The van der Waals surface area contributed by atoms with Gasteiger partial charge in [-0.05, 0) is 30.0 Å². The van der Waals surface area contributed by atoms with Gasteiger partial charge in [0.05, 0.1) is 5.69 Å². The number of nitrogens with one attached hydrogen (secondary N) is 2. The Labute approximate surface area is 139 Å². The summed E-state index contributed by atoms with van der Waals surface area (Å²) in [7, 11) is 0. The molecule has 1 amide bonds. The average molecular weight is 345 g/mol. The molecule has 1 aliphatic heterocycles. The maximum Gasteiger partial charge on any atom is 0.373 e. The Morgan fingerprint density at radius 3 is 3.12 bits per heavy atom. The molecule has 0 radical (unpaired) electrons. The number of rotatable bonds is 3. The molecule has 1 atom stereocenters. The molecule has 1 aliphatic rings. The van der Waals surface area contributed by atoms with E-state index in [1.165, 1.54) is 15.7 Å². The second-order valence-corrected chi connectivity index (χ2v) is 6.05. The van der Waals surface area contributed by atoms with E-state index in [0.717, 1.165) is 0 Å². The number of carbonyl (C=O) groups is 1. The molecule has 0 unspecified atom stereocenters. The summed E-state index contributed by atoms with van der Waals surface area (Å²) in [6, 6.07) is 5.05. The largest absolute Gasteiger partial charge is 0.479 e. The van der Waals surface area contributed by atoms with Crippen molar-refractivity contribution in [3.63, 3.8) is 0 Å². The Morgan fingerprint density at radius 1 is 1.50 bits per heavy atom. The van der Waals surface area contributed by atoms with Crippen molar-refractivity contribution in [3.05, 3.63) is 39.9 Å². The zero-order valence-corrected chi connectivity index (χ0v) is 13.2. The average Bonchev–Trinajstić information content (AvgIpc) is 3.08. The second-order valence-electron chi connectivity index (χ2n) is 5.18. The van der Waals surface area contributed by atoms with Gasteiger partial charge in [0.15, 0.2) is 6.10 Å². The topological polar surface area (TPSA) is 111 Å². The molecule has 0 spiro atoms. The van der Waals surface area contributed by atoms with Gasteiger partial charge in [-0.1, -0.05) is 11.3 Å². The minimum atomic E-state index is -0.558. The standard InChI is InChI=1S/C14H11N5O4S/c1-7-12(20)16-9-6-8(2-3-10(9)23-7)15-11-13(19(21)22)18-4-5-24-14(18)17-11/h2-7,15H,1H3,(H,16,20)/t7-/m1/s1. The Hall–Kier alpha value is -3.14. The minimum absolute atomic E-state index is 0.141. The fourth-order valence-electron chi connectivity index (χ4n) is 2.46. The lowest BCUT2D eigenvalue weighted by molar-refractivity contribution is -0.389. The molecule has 0 fully saturated rings. The van der Waals surface area contributed by atoms with E-state index in [2.05, 4.69) is 15.6 Å². The van der Waals surface area contributed by atoms with E-state index in [0.29, 0.717) is 22.1 Å². The highest BCUT2D eigenvalue weighted by Crippen LogP contribution is 2.35. The number of nitrogens with zero attached hydrogens (tertiary/aromatic N) is 3. The number of fused-ring (bicyclic) bond motifs is 2. The van der Waals surface area contributed by atoms with Crippen molar-refractivity contribution in [1.29, 1.82) is 0 Å². The SMILES string of the molecule is C[C@H]1Oc2ccc(Nc3nc4sccn4c3[N+](=O)[O-])cc2NC1=O. The zero-order chi connectivity index (χ0) is 16.8. The number of imidazole rings is 1. The van der Waals surface area contributed by atoms with Crippen LogP contribution in [0.15, 0.2) is 29.8 Å². The number of hydrogen-bond acceptors (Lipinski definition) is 7. The molecule has 2 N–H and O–H groups in total. The first kappa shape index (κ1) is 14.5. The van der Waals surface area contributed by atoms with E-state index in [9.17, 15) is 14.9 Å². The maximum absolute atomic E-state index is 11.7. The quantitative estimate of drug-likeness (QED) is 0.558. The Kier molecular flexibility index (Phi) is 3.13. The van der Waals surface area contributed by atoms with E-state index in [-0.39, 0.29) is 17.5 Å². The van der Waals surface area contributed by atoms with E-state index >= 15 is 0 Å². The molecule has 4 rings (SSSR count). The molecule has 2 aromatic heterocycles. The van der Waals surface area contributed by atoms with Gasteiger partial charge in [-0.3, -0.25) is 4.79 Å². The van der Waals surface area contributed by atoms with Crippen LogP contribution in [0.25, 0.3) is 4.96 Å². The van der Waals surface area contributed by atoms with Crippen LogP contribution in [0.4, 0.5) is 23.0 Å². The number of amides is 1. The highest BCUT2D eigenvalue weighted by atomic mass is 32.1. The molecule has 0 aliphatic carbocycles. The van der Waals surface area contributed by atoms with Crippen LogP contribution < -0.4 is 15.4 Å². The van der Waals surface area contributed by atoms with Crippen molar-refractivity contribution in [2.75, 3.05) is 10.6 Å². The number of hydrogen-bond donors (Lipinski definition) is 2. The number of aromatic nitrogens is 2. The molecule has 24 heavy (non-hydrogen) atoms. The van der Waals surface area contributed by atoms with Gasteiger partial charge in [-0.2, -0.15) is 9.38 Å². The summed E-state index contributed by atoms with van der Waals surface area (Å²) in [5.41, 5.74) is 1.06. The minimum Gasteiger partial charge on any atom is -0.479 e. The molecular formula is C14H11N5O4S. The summed E-state index contributed by atoms with van der Waals surface area (Å²) in [5, 5.41) is 18.7. The Bertz CT molecular complexity index is 979. The monoisotopic (exact) mass is 345 g/mol. The maximum atomic E-state index is 11.7. The summed E-state index contributed by atoms with van der Waals surface area (Å²) in [4.78, 5) is 27.3. The predicted molar refractivity (Wildman–Crippen MR) is 88.2 cm³/mol. The molecule has 0 bridgehead atoms. The number of benzene rings is 1. The first-order valence-electron chi connectivity index (χ1n) is 7.01. The number of thiazole rings is 1. The van der Waals surface area contributed by atoms with Crippen LogP contribution in [0.5, 0.6) is 5.75 Å². The van der Waals surface area contributed by atoms with E-state index in [1.807, 2.05) is 0 Å². The molecule has 3 heterocycles. The smallest absolute Gasteiger partial charge is 0.373 e. The van der Waals surface area contributed by atoms with Gasteiger partial charge in [0, 0.05) is 11.1 Å². The highest BCUT2D eigenvalue weighted by molar-refractivity contribution is 7.15.